The van der Waals surface area contributed by atoms with Crippen molar-refractivity contribution >= 4 is 32.6 Å². The molecule has 5 rings (SSSR count). The first kappa shape index (κ1) is 24.7. The van der Waals surface area contributed by atoms with Gasteiger partial charge in [-0.2, -0.15) is 4.98 Å². The summed E-state index contributed by atoms with van der Waals surface area (Å²) in [5.41, 5.74) is 2.25. The minimum atomic E-state index is -0.0163. The second-order valence-corrected chi connectivity index (χ2v) is 10.7. The van der Waals surface area contributed by atoms with Crippen molar-refractivity contribution in [1.29, 1.82) is 0 Å². The zero-order valence-electron chi connectivity index (χ0n) is 20.5. The fourth-order valence-electron chi connectivity index (χ4n) is 4.98. The van der Waals surface area contributed by atoms with Gasteiger partial charge in [0.25, 0.3) is 0 Å². The molecule has 1 saturated heterocycles. The maximum Gasteiger partial charge on any atom is 0.241 e. The van der Waals surface area contributed by atoms with Crippen LogP contribution >= 0.6 is 15.9 Å². The van der Waals surface area contributed by atoms with Crippen LogP contribution < -0.4 is 5.32 Å². The highest BCUT2D eigenvalue weighted by Gasteiger charge is 2.27. The Morgan fingerprint density at radius 3 is 2.81 bits per heavy atom. The third-order valence-electron chi connectivity index (χ3n) is 6.88. The van der Waals surface area contributed by atoms with Gasteiger partial charge in [0.05, 0.1) is 12.5 Å². The van der Waals surface area contributed by atoms with Crippen LogP contribution in [0.2, 0.25) is 0 Å². The van der Waals surface area contributed by atoms with E-state index in [-0.39, 0.29) is 11.8 Å². The molecule has 0 saturated carbocycles. The Bertz CT molecular complexity index is 1320. The van der Waals surface area contributed by atoms with E-state index in [0.717, 1.165) is 35.8 Å². The van der Waals surface area contributed by atoms with Crippen LogP contribution in [0.25, 0.3) is 22.2 Å². The molecule has 7 heteroatoms. The molecule has 1 N–H and O–H groups in total. The van der Waals surface area contributed by atoms with E-state index in [1.807, 2.05) is 24.3 Å². The minimum absolute atomic E-state index is 0.0163. The number of nitrogens with one attached hydrogen (secondary N) is 1. The van der Waals surface area contributed by atoms with Crippen LogP contribution in [0.1, 0.15) is 31.2 Å². The van der Waals surface area contributed by atoms with Gasteiger partial charge in [-0.25, -0.2) is 0 Å². The highest BCUT2D eigenvalue weighted by molar-refractivity contribution is 9.10. The number of carbonyl (C=O) groups excluding carboxylic acids is 1. The maximum absolute atomic E-state index is 13.0. The lowest BCUT2D eigenvalue weighted by atomic mass is 9.94. The number of hydrogen-bond acceptors (Lipinski definition) is 5. The number of rotatable bonds is 8. The van der Waals surface area contributed by atoms with Gasteiger partial charge in [0.15, 0.2) is 0 Å². The first-order valence-electron chi connectivity index (χ1n) is 12.6. The van der Waals surface area contributed by atoms with E-state index in [2.05, 4.69) is 85.7 Å². The fourth-order valence-corrected chi connectivity index (χ4v) is 5.24. The van der Waals surface area contributed by atoms with Gasteiger partial charge >= 0.3 is 0 Å². The number of fused-ring (bicyclic) bond motifs is 1. The van der Waals surface area contributed by atoms with Crippen LogP contribution in [-0.4, -0.2) is 40.6 Å². The van der Waals surface area contributed by atoms with Crippen LogP contribution in [0.15, 0.2) is 75.7 Å². The summed E-state index contributed by atoms with van der Waals surface area (Å²) in [5, 5.41) is 9.90. The SMILES string of the molecule is CC(CNC(=O)C1CCCN(Cc2nc(-c3ccc(Br)cc3)no2)C1)Cc1cccc2ccccc12. The lowest BCUT2D eigenvalue weighted by Crippen LogP contribution is -2.43. The Morgan fingerprint density at radius 1 is 1.14 bits per heavy atom. The van der Waals surface area contributed by atoms with E-state index >= 15 is 0 Å². The maximum atomic E-state index is 13.0. The van der Waals surface area contributed by atoms with Crippen LogP contribution in [0.3, 0.4) is 0 Å². The molecule has 0 aliphatic carbocycles. The molecule has 1 aliphatic heterocycles. The average Bonchev–Trinajstić information content (AvgIpc) is 3.36. The summed E-state index contributed by atoms with van der Waals surface area (Å²) in [5.74, 6) is 1.65. The molecule has 3 aromatic carbocycles. The number of aromatic nitrogens is 2. The monoisotopic (exact) mass is 546 g/mol. The number of piperidine rings is 1. The van der Waals surface area contributed by atoms with Crippen molar-refractivity contribution in [3.05, 3.63) is 82.7 Å². The highest BCUT2D eigenvalue weighted by Crippen LogP contribution is 2.23. The van der Waals surface area contributed by atoms with Crippen molar-refractivity contribution in [3.63, 3.8) is 0 Å². The van der Waals surface area contributed by atoms with Crippen molar-refractivity contribution in [1.82, 2.24) is 20.4 Å². The van der Waals surface area contributed by atoms with E-state index in [4.69, 9.17) is 4.52 Å². The number of likely N-dealkylation sites (tertiary alicyclic amines) is 1. The topological polar surface area (TPSA) is 71.3 Å². The van der Waals surface area contributed by atoms with Crippen LogP contribution in [0, 0.1) is 11.8 Å². The molecule has 1 fully saturated rings. The predicted octanol–water partition coefficient (Wildman–Crippen LogP) is 5.86. The Morgan fingerprint density at radius 2 is 1.94 bits per heavy atom. The molecule has 2 unspecified atom stereocenters. The van der Waals surface area contributed by atoms with E-state index in [0.29, 0.717) is 37.3 Å². The van der Waals surface area contributed by atoms with Gasteiger partial charge in [0.2, 0.25) is 17.6 Å². The molecular formula is C29H31BrN4O2. The minimum Gasteiger partial charge on any atom is -0.356 e. The summed E-state index contributed by atoms with van der Waals surface area (Å²) in [6, 6.07) is 22.8. The Labute approximate surface area is 220 Å². The summed E-state index contributed by atoms with van der Waals surface area (Å²) in [7, 11) is 0. The van der Waals surface area contributed by atoms with Gasteiger partial charge < -0.3 is 9.84 Å². The Kier molecular flexibility index (Phi) is 7.78. The molecule has 36 heavy (non-hydrogen) atoms. The smallest absolute Gasteiger partial charge is 0.241 e. The summed E-state index contributed by atoms with van der Waals surface area (Å²) in [6.45, 7) is 5.08. The van der Waals surface area contributed by atoms with Crippen molar-refractivity contribution in [2.75, 3.05) is 19.6 Å². The first-order chi connectivity index (χ1) is 17.5. The van der Waals surface area contributed by atoms with E-state index < -0.39 is 0 Å². The van der Waals surface area contributed by atoms with Crippen molar-refractivity contribution in [3.8, 4) is 11.4 Å². The van der Waals surface area contributed by atoms with Crippen LogP contribution in [0.5, 0.6) is 0 Å². The summed E-state index contributed by atoms with van der Waals surface area (Å²) in [6.07, 6.45) is 2.83. The number of halogens is 1. The molecule has 0 bridgehead atoms. The molecule has 0 spiro atoms. The van der Waals surface area contributed by atoms with Gasteiger partial charge in [-0.15, -0.1) is 0 Å². The van der Waals surface area contributed by atoms with Crippen molar-refractivity contribution in [2.24, 2.45) is 11.8 Å². The zero-order valence-corrected chi connectivity index (χ0v) is 22.1. The largest absolute Gasteiger partial charge is 0.356 e. The lowest BCUT2D eigenvalue weighted by Gasteiger charge is -2.31. The van der Waals surface area contributed by atoms with Crippen LogP contribution in [0.4, 0.5) is 0 Å². The van der Waals surface area contributed by atoms with Gasteiger partial charge in [0.1, 0.15) is 0 Å². The molecule has 2 heterocycles. The normalized spacial score (nSPS) is 17.2. The quantitative estimate of drug-likeness (QED) is 0.299. The number of nitrogens with zero attached hydrogens (tertiary/aromatic N) is 3. The van der Waals surface area contributed by atoms with Crippen molar-refractivity contribution in [2.45, 2.75) is 32.7 Å². The third kappa shape index (κ3) is 6.02. The predicted molar refractivity (Wildman–Crippen MR) is 145 cm³/mol. The second-order valence-electron chi connectivity index (χ2n) is 9.79. The molecule has 4 aromatic rings. The molecular weight excluding hydrogens is 516 g/mol. The van der Waals surface area contributed by atoms with E-state index in [9.17, 15) is 4.79 Å². The van der Waals surface area contributed by atoms with Gasteiger partial charge in [-0.3, -0.25) is 9.69 Å². The lowest BCUT2D eigenvalue weighted by molar-refractivity contribution is -0.127. The molecule has 0 radical (unpaired) electrons. The van der Waals surface area contributed by atoms with Gasteiger partial charge in [0, 0.05) is 23.1 Å². The van der Waals surface area contributed by atoms with Gasteiger partial charge in [-0.05, 0) is 72.3 Å². The standard InChI is InChI=1S/C29H31BrN4O2/c1-20(16-23-8-4-7-21-6-2-3-10-26(21)23)17-31-29(35)24-9-5-15-34(18-24)19-27-32-28(33-36-27)22-11-13-25(30)14-12-22/h2-4,6-8,10-14,20,24H,5,9,15-19H2,1H3,(H,31,35). The zero-order chi connectivity index (χ0) is 24.9. The summed E-state index contributed by atoms with van der Waals surface area (Å²) in [4.78, 5) is 19.8. The van der Waals surface area contributed by atoms with Crippen molar-refractivity contribution < 1.29 is 9.32 Å². The number of benzene rings is 3. The third-order valence-corrected chi connectivity index (χ3v) is 7.41. The Hall–Kier alpha value is -3.03. The molecule has 1 amide bonds. The van der Waals surface area contributed by atoms with E-state index in [1.165, 1.54) is 16.3 Å². The molecule has 1 aromatic heterocycles. The number of hydrogen-bond donors (Lipinski definition) is 1. The second kappa shape index (κ2) is 11.4. The van der Waals surface area contributed by atoms with Crippen LogP contribution in [-0.2, 0) is 17.8 Å². The molecule has 186 valence electrons. The molecule has 2 atom stereocenters. The van der Waals surface area contributed by atoms with E-state index in [1.54, 1.807) is 0 Å². The number of carbonyl (C=O) groups is 1. The number of amides is 1. The first-order valence-corrected chi connectivity index (χ1v) is 13.4. The summed E-state index contributed by atoms with van der Waals surface area (Å²) < 4.78 is 6.51. The fraction of sp³-hybridized carbons (Fsp3) is 0.345. The molecule has 6 nitrogen and oxygen atoms in total. The Balaban J connectivity index is 1.12. The molecule has 1 aliphatic rings. The average molecular weight is 547 g/mol. The highest BCUT2D eigenvalue weighted by atomic mass is 79.9. The van der Waals surface area contributed by atoms with Gasteiger partial charge in [-0.1, -0.05) is 70.5 Å². The summed E-state index contributed by atoms with van der Waals surface area (Å²) >= 11 is 3.44.